The summed E-state index contributed by atoms with van der Waals surface area (Å²) in [5, 5.41) is 35.0. The molecule has 3 aliphatic rings. The molecule has 18 atom stereocenters. The average molecular weight is 861 g/mol. The van der Waals surface area contributed by atoms with Crippen molar-refractivity contribution in [2.45, 2.75) is 199 Å². The van der Waals surface area contributed by atoms with E-state index in [0.29, 0.717) is 13.0 Å². The monoisotopic (exact) mass is 861 g/mol. The van der Waals surface area contributed by atoms with Gasteiger partial charge in [0.05, 0.1) is 47.6 Å². The average Bonchev–Trinajstić information content (AvgIpc) is 3.20. The van der Waals surface area contributed by atoms with Gasteiger partial charge < -0.3 is 63.0 Å². The van der Waals surface area contributed by atoms with Gasteiger partial charge in [-0.3, -0.25) is 9.59 Å². The lowest BCUT2D eigenvalue weighted by atomic mass is 9.74. The van der Waals surface area contributed by atoms with E-state index in [9.17, 15) is 24.9 Å². The number of cyclic esters (lactones) is 1. The van der Waals surface area contributed by atoms with Crippen LogP contribution in [0, 0.1) is 23.7 Å². The Labute approximate surface area is 361 Å². The van der Waals surface area contributed by atoms with Gasteiger partial charge >= 0.3 is 5.97 Å². The van der Waals surface area contributed by atoms with E-state index >= 15 is 0 Å². The zero-order valence-electron chi connectivity index (χ0n) is 39.8. The van der Waals surface area contributed by atoms with Crippen molar-refractivity contribution in [2.75, 3.05) is 54.6 Å². The Morgan fingerprint density at radius 3 is 1.98 bits per heavy atom. The van der Waals surface area contributed by atoms with Gasteiger partial charge in [-0.1, -0.05) is 41.5 Å². The van der Waals surface area contributed by atoms with E-state index in [1.54, 1.807) is 34.8 Å². The second kappa shape index (κ2) is 22.5. The molecule has 0 aromatic carbocycles. The molecule has 0 aliphatic carbocycles. The van der Waals surface area contributed by atoms with Crippen LogP contribution < -0.4 is 0 Å². The number of Topliss-reactive ketones (excluding diaryl/α,β-unsaturated/α-hetero) is 1. The first kappa shape index (κ1) is 53.0. The number of hydrogen-bond acceptors (Lipinski definition) is 15. The lowest BCUT2D eigenvalue weighted by molar-refractivity contribution is -0.322. The van der Waals surface area contributed by atoms with Gasteiger partial charge in [0.2, 0.25) is 0 Å². The Bertz CT molecular complexity index is 1340. The minimum absolute atomic E-state index is 0.126. The summed E-state index contributed by atoms with van der Waals surface area (Å²) in [5.41, 5.74) is -4.03. The summed E-state index contributed by atoms with van der Waals surface area (Å²) in [5.74, 6) is -4.37. The molecule has 3 heterocycles. The molecular formula is C45H84N2O13. The fraction of sp³-hybridized carbons (Fsp3) is 0.956. The van der Waals surface area contributed by atoms with Crippen LogP contribution in [0.3, 0.4) is 0 Å². The number of ketones is 1. The van der Waals surface area contributed by atoms with Crippen LogP contribution >= 0.6 is 0 Å². The van der Waals surface area contributed by atoms with Crippen LogP contribution in [0.2, 0.25) is 0 Å². The highest BCUT2D eigenvalue weighted by molar-refractivity contribution is 5.83. The summed E-state index contributed by atoms with van der Waals surface area (Å²) in [6, 6.07) is -0.278. The lowest BCUT2D eigenvalue weighted by Crippen LogP contribution is -2.61. The van der Waals surface area contributed by atoms with Crippen molar-refractivity contribution in [2.24, 2.45) is 23.7 Å². The van der Waals surface area contributed by atoms with Gasteiger partial charge in [0.25, 0.3) is 0 Å². The van der Waals surface area contributed by atoms with Gasteiger partial charge in [-0.15, -0.1) is 0 Å². The number of carbonyl (C=O) groups excluding carboxylic acids is 2. The highest BCUT2D eigenvalue weighted by Crippen LogP contribution is 2.42. The van der Waals surface area contributed by atoms with Crippen LogP contribution in [0.5, 0.6) is 0 Å². The van der Waals surface area contributed by atoms with E-state index in [1.807, 2.05) is 53.6 Å². The molecular weight excluding hydrogens is 776 g/mol. The maximum atomic E-state index is 14.4. The van der Waals surface area contributed by atoms with Gasteiger partial charge in [0.15, 0.2) is 12.6 Å². The first-order chi connectivity index (χ1) is 28.0. The first-order valence-corrected chi connectivity index (χ1v) is 22.5. The van der Waals surface area contributed by atoms with Gasteiger partial charge in [-0.05, 0) is 94.4 Å². The summed E-state index contributed by atoms with van der Waals surface area (Å²) >= 11 is 0. The van der Waals surface area contributed by atoms with Crippen molar-refractivity contribution in [3.63, 3.8) is 0 Å². The number of methoxy groups -OCH3 is 2. The summed E-state index contributed by atoms with van der Waals surface area (Å²) in [6.45, 7) is 25.4. The fourth-order valence-corrected chi connectivity index (χ4v) is 9.92. The van der Waals surface area contributed by atoms with E-state index in [2.05, 4.69) is 18.7 Å². The number of aliphatic hydroxyl groups is 3. The zero-order valence-corrected chi connectivity index (χ0v) is 39.8. The van der Waals surface area contributed by atoms with Crippen LogP contribution in [-0.4, -0.2) is 176 Å². The van der Waals surface area contributed by atoms with Crippen LogP contribution in [0.1, 0.15) is 115 Å². The van der Waals surface area contributed by atoms with Gasteiger partial charge in [-0.2, -0.15) is 0 Å². The van der Waals surface area contributed by atoms with Crippen molar-refractivity contribution >= 4 is 11.8 Å². The smallest absolute Gasteiger partial charge is 0.311 e. The molecule has 60 heavy (non-hydrogen) atoms. The fourth-order valence-electron chi connectivity index (χ4n) is 9.92. The number of nitrogens with zero attached hydrogens (tertiary/aromatic N) is 2. The molecule has 0 spiro atoms. The second-order valence-electron chi connectivity index (χ2n) is 18.9. The van der Waals surface area contributed by atoms with Gasteiger partial charge in [-0.25, -0.2) is 0 Å². The molecule has 0 aromatic heterocycles. The lowest BCUT2D eigenvalue weighted by Gasteiger charge is -2.50. The van der Waals surface area contributed by atoms with E-state index in [0.717, 1.165) is 26.1 Å². The molecule has 0 radical (unpaired) electrons. The summed E-state index contributed by atoms with van der Waals surface area (Å²) in [7, 11) is 6.97. The standard InChI is InChI=1S/C45H84N2O13/c1-17-33-45(12,52)38(50)28(6)35(48)26(4)24-43(10,53-15)39(60-42-36(49)32(46(13)14)23-27(5)56-42)29(7)37(30(8)41(51)58-33)59-34-25-44(11,54-16)40(31(9)57-34)55-22-20-21-47(18-2)19-3/h26-34,36-40,42,49-50,52H,17-25H2,1-16H3/t26-,27-,28+,29+,30-,31+,32+,33-,34+,36-,37+,38-,39-,40+,42+,43-,44-,45-/m1/s1. The van der Waals surface area contributed by atoms with E-state index in [4.69, 9.17) is 37.9 Å². The molecule has 0 unspecified atom stereocenters. The Morgan fingerprint density at radius 2 is 1.43 bits per heavy atom. The van der Waals surface area contributed by atoms with Crippen LogP contribution in [-0.2, 0) is 47.5 Å². The second-order valence-corrected chi connectivity index (χ2v) is 18.9. The first-order valence-electron chi connectivity index (χ1n) is 22.5. The number of esters is 1. The van der Waals surface area contributed by atoms with Crippen LogP contribution in [0.25, 0.3) is 0 Å². The minimum Gasteiger partial charge on any atom is -0.459 e. The van der Waals surface area contributed by atoms with Crippen molar-refractivity contribution in [3.8, 4) is 0 Å². The summed E-state index contributed by atoms with van der Waals surface area (Å²) in [6.07, 6.45) is -6.80. The number of likely N-dealkylation sites (N-methyl/N-ethyl adjacent to an activating group) is 1. The molecule has 15 heteroatoms. The normalized spacial score (nSPS) is 44.2. The number of carbonyl (C=O) groups is 2. The molecule has 15 nitrogen and oxygen atoms in total. The minimum atomic E-state index is -1.96. The molecule has 3 rings (SSSR count). The number of ether oxygens (including phenoxy) is 8. The molecule has 3 N–H and O–H groups in total. The summed E-state index contributed by atoms with van der Waals surface area (Å²) < 4.78 is 51.8. The van der Waals surface area contributed by atoms with E-state index in [-0.39, 0.29) is 37.2 Å². The number of hydrogen-bond donors (Lipinski definition) is 3. The van der Waals surface area contributed by atoms with Crippen molar-refractivity contribution in [1.82, 2.24) is 9.80 Å². The molecule has 3 fully saturated rings. The number of aliphatic hydroxyl groups excluding tert-OH is 2. The Morgan fingerprint density at radius 1 is 0.833 bits per heavy atom. The van der Waals surface area contributed by atoms with E-state index in [1.165, 1.54) is 14.0 Å². The third-order valence-corrected chi connectivity index (χ3v) is 14.0. The SMILES string of the molecule is CC[C@H]1OC(=O)[C@H](C)[C@@H](O[C@H]2C[C@@](C)(OC)[C@@H](OCCCN(CC)CC)[C@H](C)O2)[C@H](C)[C@@H](O[C@@H]2O[C@H](C)C[C@H](N(C)C)[C@H]2O)[C@](C)(OC)C[C@@H](C)C(=O)[C@H](C)[C@@H](O)[C@]1(C)O. The van der Waals surface area contributed by atoms with Gasteiger partial charge in [0, 0.05) is 57.6 Å². The molecule has 3 saturated heterocycles. The van der Waals surface area contributed by atoms with Crippen molar-refractivity contribution < 1.29 is 62.8 Å². The third-order valence-electron chi connectivity index (χ3n) is 14.0. The molecule has 352 valence electrons. The molecule has 0 saturated carbocycles. The quantitative estimate of drug-likeness (QED) is 0.158. The molecule has 0 aromatic rings. The molecule has 0 amide bonds. The Hall–Kier alpha value is -1.34. The maximum absolute atomic E-state index is 14.4. The molecule has 0 bridgehead atoms. The Kier molecular flexibility index (Phi) is 19.9. The van der Waals surface area contributed by atoms with E-state index < -0.39 is 102 Å². The van der Waals surface area contributed by atoms with Crippen molar-refractivity contribution in [3.05, 3.63) is 0 Å². The van der Waals surface area contributed by atoms with Crippen LogP contribution in [0.15, 0.2) is 0 Å². The third kappa shape index (κ3) is 12.3. The maximum Gasteiger partial charge on any atom is 0.311 e. The zero-order chi connectivity index (χ0) is 45.5. The summed E-state index contributed by atoms with van der Waals surface area (Å²) in [4.78, 5) is 32.8. The highest BCUT2D eigenvalue weighted by Gasteiger charge is 2.54. The largest absolute Gasteiger partial charge is 0.459 e. The predicted molar refractivity (Wildman–Crippen MR) is 227 cm³/mol. The molecule has 3 aliphatic heterocycles. The Balaban J connectivity index is 2.14. The van der Waals surface area contributed by atoms with Crippen LogP contribution in [0.4, 0.5) is 0 Å². The van der Waals surface area contributed by atoms with Crippen molar-refractivity contribution in [1.29, 1.82) is 0 Å². The highest BCUT2D eigenvalue weighted by atomic mass is 16.7. The number of rotatable bonds is 15. The predicted octanol–water partition coefficient (Wildman–Crippen LogP) is 4.20. The van der Waals surface area contributed by atoms with Gasteiger partial charge in [0.1, 0.15) is 29.7 Å². The topological polar surface area (TPSA) is 175 Å².